The van der Waals surface area contributed by atoms with Crippen LogP contribution in [0.25, 0.3) is 0 Å². The summed E-state index contributed by atoms with van der Waals surface area (Å²) in [5, 5.41) is 37.7. The molecule has 2 unspecified atom stereocenters. The Morgan fingerprint density at radius 3 is 1.39 bits per heavy atom. The predicted octanol–water partition coefficient (Wildman–Crippen LogP) is 1.29. The van der Waals surface area contributed by atoms with E-state index in [-0.39, 0.29) is 44.9 Å². The molecule has 2 fully saturated rings. The summed E-state index contributed by atoms with van der Waals surface area (Å²) >= 11 is 0. The van der Waals surface area contributed by atoms with E-state index < -0.39 is 46.5 Å². The first-order chi connectivity index (χ1) is 10.7. The van der Waals surface area contributed by atoms with Gasteiger partial charge in [-0.15, -0.1) is 0 Å². The molecule has 2 saturated carbocycles. The zero-order valence-corrected chi connectivity index (χ0v) is 12.5. The molecule has 0 spiro atoms. The van der Waals surface area contributed by atoms with Crippen molar-refractivity contribution in [1.82, 2.24) is 0 Å². The van der Waals surface area contributed by atoms with Gasteiger partial charge in [0.1, 0.15) is 0 Å². The monoisotopic (exact) mass is 328 g/mol. The molecule has 0 bridgehead atoms. The molecular weight excluding hydrogens is 308 g/mol. The maximum Gasteiger partial charge on any atom is 0.310 e. The molecule has 4 N–H and O–H groups in total. The van der Waals surface area contributed by atoms with Crippen LogP contribution in [0.3, 0.4) is 0 Å². The maximum atomic E-state index is 12.0. The van der Waals surface area contributed by atoms with Crippen molar-refractivity contribution >= 4 is 23.9 Å². The van der Waals surface area contributed by atoms with E-state index >= 15 is 0 Å². The lowest BCUT2D eigenvalue weighted by Crippen LogP contribution is -2.53. The number of hydrogen-bond donors (Lipinski definition) is 4. The van der Waals surface area contributed by atoms with Gasteiger partial charge in [-0.05, 0) is 44.9 Å². The fourth-order valence-corrected chi connectivity index (χ4v) is 4.34. The second kappa shape index (κ2) is 5.82. The molecule has 0 saturated heterocycles. The molecule has 0 amide bonds. The van der Waals surface area contributed by atoms with E-state index in [1.807, 2.05) is 0 Å². The molecule has 2 rings (SSSR count). The van der Waals surface area contributed by atoms with Gasteiger partial charge in [-0.1, -0.05) is 0 Å². The van der Waals surface area contributed by atoms with Crippen molar-refractivity contribution in [3.63, 3.8) is 0 Å². The van der Waals surface area contributed by atoms with Crippen LogP contribution in [0, 0.1) is 22.7 Å². The van der Waals surface area contributed by atoms with Crippen molar-refractivity contribution in [2.24, 2.45) is 22.7 Å². The zero-order valence-electron chi connectivity index (χ0n) is 12.5. The third kappa shape index (κ3) is 2.55. The minimum absolute atomic E-state index is 0.0106. The van der Waals surface area contributed by atoms with E-state index in [1.54, 1.807) is 0 Å². The van der Waals surface area contributed by atoms with Crippen molar-refractivity contribution in [3.05, 3.63) is 0 Å². The molecule has 0 radical (unpaired) electrons. The molecule has 0 aromatic heterocycles. The van der Waals surface area contributed by atoms with Crippen LogP contribution in [0.5, 0.6) is 0 Å². The van der Waals surface area contributed by atoms with Crippen LogP contribution in [0.1, 0.15) is 44.9 Å². The molecule has 8 nitrogen and oxygen atoms in total. The van der Waals surface area contributed by atoms with Gasteiger partial charge in [0.15, 0.2) is 0 Å². The molecule has 23 heavy (non-hydrogen) atoms. The highest BCUT2D eigenvalue weighted by molar-refractivity contribution is 5.88. The Hall–Kier alpha value is -2.12. The Bertz CT molecular complexity index is 546. The fraction of sp³-hybridized carbons (Fsp3) is 0.733. The first-order valence-corrected chi connectivity index (χ1v) is 7.59. The average Bonchev–Trinajstić information content (AvgIpc) is 2.94. The summed E-state index contributed by atoms with van der Waals surface area (Å²) in [7, 11) is 0. The van der Waals surface area contributed by atoms with E-state index in [0.717, 1.165) is 0 Å². The molecule has 0 heterocycles. The molecule has 0 aliphatic heterocycles. The van der Waals surface area contributed by atoms with Crippen molar-refractivity contribution < 1.29 is 39.6 Å². The fourth-order valence-electron chi connectivity index (χ4n) is 4.34. The SMILES string of the molecule is O=C(O)C1CCC(C(=O)O)(C2(C(=O)O)CCC(C(=O)O)C2)CC1. The molecule has 0 aromatic carbocycles. The van der Waals surface area contributed by atoms with Gasteiger partial charge >= 0.3 is 23.9 Å². The number of aliphatic carboxylic acids is 4. The summed E-state index contributed by atoms with van der Waals surface area (Å²) in [6.07, 6.45) is -0.0389. The lowest BCUT2D eigenvalue weighted by molar-refractivity contribution is -0.180. The van der Waals surface area contributed by atoms with Gasteiger partial charge in [-0.3, -0.25) is 19.2 Å². The van der Waals surface area contributed by atoms with Gasteiger partial charge in [-0.2, -0.15) is 0 Å². The number of carbonyl (C=O) groups is 4. The summed E-state index contributed by atoms with van der Waals surface area (Å²) in [6.45, 7) is 0. The number of rotatable bonds is 5. The second-order valence-corrected chi connectivity index (χ2v) is 6.66. The Balaban J connectivity index is 2.39. The van der Waals surface area contributed by atoms with Gasteiger partial charge in [0.05, 0.1) is 22.7 Å². The van der Waals surface area contributed by atoms with Crippen molar-refractivity contribution in [2.45, 2.75) is 44.9 Å². The third-order valence-electron chi connectivity index (χ3n) is 5.79. The van der Waals surface area contributed by atoms with E-state index in [2.05, 4.69) is 0 Å². The number of hydrogen-bond acceptors (Lipinski definition) is 4. The average molecular weight is 328 g/mol. The Morgan fingerprint density at radius 2 is 1.04 bits per heavy atom. The zero-order chi connectivity index (χ0) is 17.4. The predicted molar refractivity (Wildman–Crippen MR) is 74.7 cm³/mol. The standard InChI is InChI=1S/C15H20O8/c16-10(17)8-1-4-14(5-2-8,12(20)21)15(13(22)23)6-3-9(7-15)11(18)19/h8-9H,1-7H2,(H,16,17)(H,18,19)(H,20,21)(H,22,23). The molecule has 2 atom stereocenters. The molecule has 2 aliphatic carbocycles. The number of carboxylic acid groups (broad SMARTS) is 4. The lowest BCUT2D eigenvalue weighted by atomic mass is 9.54. The van der Waals surface area contributed by atoms with Crippen LogP contribution < -0.4 is 0 Å². The maximum absolute atomic E-state index is 12.0. The summed E-state index contributed by atoms with van der Waals surface area (Å²) in [6, 6.07) is 0. The molecule has 128 valence electrons. The van der Waals surface area contributed by atoms with Crippen molar-refractivity contribution in [2.75, 3.05) is 0 Å². The highest BCUT2D eigenvalue weighted by atomic mass is 16.4. The minimum atomic E-state index is -1.65. The Kier molecular flexibility index (Phi) is 4.37. The largest absolute Gasteiger partial charge is 0.481 e. The van der Waals surface area contributed by atoms with Crippen LogP contribution in [-0.2, 0) is 19.2 Å². The first kappa shape index (κ1) is 17.2. The first-order valence-electron chi connectivity index (χ1n) is 7.59. The second-order valence-electron chi connectivity index (χ2n) is 6.66. The van der Waals surface area contributed by atoms with E-state index in [4.69, 9.17) is 10.2 Å². The minimum Gasteiger partial charge on any atom is -0.481 e. The Morgan fingerprint density at radius 1 is 0.652 bits per heavy atom. The van der Waals surface area contributed by atoms with Crippen LogP contribution in [0.15, 0.2) is 0 Å². The van der Waals surface area contributed by atoms with Crippen molar-refractivity contribution in [3.8, 4) is 0 Å². The van der Waals surface area contributed by atoms with Gasteiger partial charge < -0.3 is 20.4 Å². The molecule has 0 aromatic rings. The highest BCUT2D eigenvalue weighted by Crippen LogP contribution is 2.60. The molecule has 2 aliphatic rings. The van der Waals surface area contributed by atoms with Crippen LogP contribution in [0.2, 0.25) is 0 Å². The normalized spacial score (nSPS) is 37.2. The smallest absolute Gasteiger partial charge is 0.310 e. The van der Waals surface area contributed by atoms with Gasteiger partial charge in [-0.25, -0.2) is 0 Å². The van der Waals surface area contributed by atoms with Crippen LogP contribution in [-0.4, -0.2) is 44.3 Å². The van der Waals surface area contributed by atoms with E-state index in [1.165, 1.54) is 0 Å². The lowest BCUT2D eigenvalue weighted by Gasteiger charge is -2.46. The summed E-state index contributed by atoms with van der Waals surface area (Å²) in [5.41, 5.74) is -3.25. The molecular formula is C15H20O8. The van der Waals surface area contributed by atoms with E-state index in [0.29, 0.717) is 0 Å². The van der Waals surface area contributed by atoms with Gasteiger partial charge in [0.25, 0.3) is 0 Å². The summed E-state index contributed by atoms with van der Waals surface area (Å²) in [5.74, 6) is -6.24. The molecule has 8 heteroatoms. The Labute approximate surface area is 132 Å². The van der Waals surface area contributed by atoms with E-state index in [9.17, 15) is 29.4 Å². The summed E-state index contributed by atoms with van der Waals surface area (Å²) < 4.78 is 0. The summed E-state index contributed by atoms with van der Waals surface area (Å²) in [4.78, 5) is 46.2. The van der Waals surface area contributed by atoms with Gasteiger partial charge in [0.2, 0.25) is 0 Å². The third-order valence-corrected chi connectivity index (χ3v) is 5.79. The topological polar surface area (TPSA) is 149 Å². The van der Waals surface area contributed by atoms with Crippen LogP contribution >= 0.6 is 0 Å². The highest BCUT2D eigenvalue weighted by Gasteiger charge is 2.65. The quantitative estimate of drug-likeness (QED) is 0.589. The van der Waals surface area contributed by atoms with Gasteiger partial charge in [0, 0.05) is 0 Å². The number of carboxylic acids is 4. The van der Waals surface area contributed by atoms with Crippen LogP contribution in [0.4, 0.5) is 0 Å². The van der Waals surface area contributed by atoms with Crippen molar-refractivity contribution in [1.29, 1.82) is 0 Å².